The summed E-state index contributed by atoms with van der Waals surface area (Å²) >= 11 is 0. The summed E-state index contributed by atoms with van der Waals surface area (Å²) in [5, 5.41) is 0. The molecule has 1 unspecified atom stereocenters. The van der Waals surface area contributed by atoms with Crippen molar-refractivity contribution in [2.24, 2.45) is 0 Å². The summed E-state index contributed by atoms with van der Waals surface area (Å²) in [6.45, 7) is 0.501. The van der Waals surface area contributed by atoms with Gasteiger partial charge in [-0.05, 0) is 18.2 Å². The van der Waals surface area contributed by atoms with Crippen molar-refractivity contribution in [3.05, 3.63) is 35.4 Å². The molecule has 22 heavy (non-hydrogen) atoms. The Kier molecular flexibility index (Phi) is 6.17. The fourth-order valence-electron chi connectivity index (χ4n) is 1.32. The minimum Gasteiger partial charge on any atom is -0.432 e. The van der Waals surface area contributed by atoms with Gasteiger partial charge in [-0.25, -0.2) is 4.79 Å². The van der Waals surface area contributed by atoms with Crippen LogP contribution in [0.15, 0.2) is 24.3 Å². The predicted octanol–water partition coefficient (Wildman–Crippen LogP) is 2.64. The van der Waals surface area contributed by atoms with Gasteiger partial charge in [0, 0.05) is 17.1 Å². The van der Waals surface area contributed by atoms with E-state index >= 15 is 0 Å². The first kappa shape index (κ1) is 18.7. The van der Waals surface area contributed by atoms with Crippen LogP contribution in [0.5, 0.6) is 0 Å². The molecule has 0 amide bonds. The summed E-state index contributed by atoms with van der Waals surface area (Å²) in [6, 6.07) is 4.11. The van der Waals surface area contributed by atoms with Gasteiger partial charge in [0.2, 0.25) is 6.29 Å². The van der Waals surface area contributed by atoms with Gasteiger partial charge in [0.25, 0.3) is 0 Å². The molecular formula is C11H10ClF3O6S. The third-order valence-corrected chi connectivity index (χ3v) is 2.32. The van der Waals surface area contributed by atoms with Crippen LogP contribution in [0.1, 0.15) is 22.3 Å². The molecule has 11 heteroatoms. The SMILES string of the molecule is O=C(OC1CCO1)c1cccc(C(F)(F)F)c1.O=S(=O)(O)Cl. The van der Waals surface area contributed by atoms with Crippen molar-refractivity contribution in [3.8, 4) is 0 Å². The zero-order valence-corrected chi connectivity index (χ0v) is 12.3. The van der Waals surface area contributed by atoms with Crippen molar-refractivity contribution in [2.75, 3.05) is 6.61 Å². The van der Waals surface area contributed by atoms with Gasteiger partial charge in [-0.2, -0.15) is 21.6 Å². The van der Waals surface area contributed by atoms with Gasteiger partial charge in [-0.15, -0.1) is 0 Å². The summed E-state index contributed by atoms with van der Waals surface area (Å²) in [5.74, 6) is -0.805. The van der Waals surface area contributed by atoms with Gasteiger partial charge < -0.3 is 9.47 Å². The molecule has 1 aromatic carbocycles. The molecule has 1 aliphatic rings. The highest BCUT2D eigenvalue weighted by Crippen LogP contribution is 2.29. The monoisotopic (exact) mass is 362 g/mol. The van der Waals surface area contributed by atoms with Crippen LogP contribution in [0.25, 0.3) is 0 Å². The van der Waals surface area contributed by atoms with Crippen LogP contribution in [0.2, 0.25) is 0 Å². The van der Waals surface area contributed by atoms with E-state index in [-0.39, 0.29) is 5.56 Å². The van der Waals surface area contributed by atoms with Crippen LogP contribution in [-0.4, -0.2) is 31.8 Å². The molecule has 2 rings (SSSR count). The van der Waals surface area contributed by atoms with Gasteiger partial charge >= 0.3 is 21.5 Å². The van der Waals surface area contributed by atoms with Crippen LogP contribution < -0.4 is 0 Å². The third-order valence-electron chi connectivity index (χ3n) is 2.32. The molecule has 124 valence electrons. The Balaban J connectivity index is 0.000000422. The largest absolute Gasteiger partial charge is 0.432 e. The number of benzene rings is 1. The molecule has 1 atom stereocenters. The fourth-order valence-corrected chi connectivity index (χ4v) is 1.32. The highest BCUT2D eigenvalue weighted by atomic mass is 35.7. The van der Waals surface area contributed by atoms with Crippen molar-refractivity contribution in [1.29, 1.82) is 0 Å². The number of carbonyl (C=O) groups is 1. The number of hydrogen-bond donors (Lipinski definition) is 1. The van der Waals surface area contributed by atoms with Crippen molar-refractivity contribution in [3.63, 3.8) is 0 Å². The third kappa shape index (κ3) is 7.07. The van der Waals surface area contributed by atoms with E-state index < -0.39 is 33.3 Å². The maximum Gasteiger partial charge on any atom is 0.416 e. The molecule has 1 heterocycles. The Bertz CT molecular complexity index is 619. The Morgan fingerprint density at radius 1 is 1.41 bits per heavy atom. The van der Waals surface area contributed by atoms with E-state index in [2.05, 4.69) is 10.7 Å². The van der Waals surface area contributed by atoms with Crippen LogP contribution in [0.4, 0.5) is 13.2 Å². The Morgan fingerprint density at radius 3 is 2.36 bits per heavy atom. The molecule has 1 aromatic rings. The van der Waals surface area contributed by atoms with Crippen molar-refractivity contribution >= 4 is 26.0 Å². The second kappa shape index (κ2) is 7.27. The van der Waals surface area contributed by atoms with Crippen molar-refractivity contribution < 1.29 is 40.4 Å². The highest BCUT2D eigenvalue weighted by Gasteiger charge is 2.31. The first-order valence-electron chi connectivity index (χ1n) is 5.64. The van der Waals surface area contributed by atoms with E-state index in [9.17, 15) is 18.0 Å². The lowest BCUT2D eigenvalue weighted by Gasteiger charge is -2.25. The van der Waals surface area contributed by atoms with Gasteiger partial charge in [0.1, 0.15) is 0 Å². The van der Waals surface area contributed by atoms with E-state index in [1.165, 1.54) is 12.1 Å². The number of alkyl halides is 3. The minimum atomic E-state index is -4.47. The first-order chi connectivity index (χ1) is 9.97. The molecule has 1 N–H and O–H groups in total. The van der Waals surface area contributed by atoms with Crippen LogP contribution in [0, 0.1) is 0 Å². The maximum absolute atomic E-state index is 12.4. The molecule has 0 saturated carbocycles. The summed E-state index contributed by atoms with van der Waals surface area (Å²) < 4.78 is 72.0. The normalized spacial score (nSPS) is 17.8. The average Bonchev–Trinajstić information content (AvgIpc) is 2.30. The maximum atomic E-state index is 12.4. The molecule has 0 bridgehead atoms. The van der Waals surface area contributed by atoms with Crippen LogP contribution >= 0.6 is 10.7 Å². The Morgan fingerprint density at radius 2 is 1.95 bits per heavy atom. The molecule has 0 aliphatic carbocycles. The highest BCUT2D eigenvalue weighted by molar-refractivity contribution is 8.09. The first-order valence-corrected chi connectivity index (χ1v) is 7.90. The molecule has 1 aliphatic heterocycles. The van der Waals surface area contributed by atoms with E-state index in [1.54, 1.807) is 0 Å². The van der Waals surface area contributed by atoms with E-state index in [1.807, 2.05) is 0 Å². The smallest absolute Gasteiger partial charge is 0.416 e. The fraction of sp³-hybridized carbons (Fsp3) is 0.364. The van der Waals surface area contributed by atoms with E-state index in [4.69, 9.17) is 22.4 Å². The Hall–Kier alpha value is -1.36. The standard InChI is InChI=1S/C11H9F3O3.ClHO3S/c12-11(13,14)8-3-1-2-7(6-8)10(15)17-9-4-5-16-9;1-5(2,3)4/h1-3,6,9H,4-5H2;(H,2,3,4). The molecular weight excluding hydrogens is 353 g/mol. The molecule has 0 aromatic heterocycles. The second-order valence-corrected chi connectivity index (χ2v) is 5.98. The van der Waals surface area contributed by atoms with Crippen LogP contribution in [0.3, 0.4) is 0 Å². The number of rotatable bonds is 2. The average molecular weight is 363 g/mol. The lowest BCUT2D eigenvalue weighted by molar-refractivity contribution is -0.184. The number of carbonyl (C=O) groups excluding carboxylic acids is 1. The molecule has 1 fully saturated rings. The quantitative estimate of drug-likeness (QED) is 0.494. The van der Waals surface area contributed by atoms with Gasteiger partial charge in [-0.3, -0.25) is 4.55 Å². The molecule has 0 radical (unpaired) electrons. The van der Waals surface area contributed by atoms with Crippen molar-refractivity contribution in [1.82, 2.24) is 0 Å². The summed E-state index contributed by atoms with van der Waals surface area (Å²) in [5.41, 5.74) is -1.00. The molecule has 1 saturated heterocycles. The zero-order valence-electron chi connectivity index (χ0n) is 10.7. The molecule has 0 spiro atoms. The summed E-state index contributed by atoms with van der Waals surface area (Å²) in [6.07, 6.45) is -4.52. The number of ether oxygens (including phenoxy) is 2. The van der Waals surface area contributed by atoms with Gasteiger partial charge in [0.15, 0.2) is 0 Å². The van der Waals surface area contributed by atoms with E-state index in [0.717, 1.165) is 12.1 Å². The predicted molar refractivity (Wildman–Crippen MR) is 68.6 cm³/mol. The number of esters is 1. The van der Waals surface area contributed by atoms with Crippen LogP contribution in [-0.2, 0) is 25.0 Å². The second-order valence-electron chi connectivity index (χ2n) is 3.99. The Labute approximate surface area is 128 Å². The van der Waals surface area contributed by atoms with Crippen molar-refractivity contribution in [2.45, 2.75) is 18.9 Å². The zero-order chi connectivity index (χ0) is 17.0. The van der Waals surface area contributed by atoms with Gasteiger partial charge in [-0.1, -0.05) is 6.07 Å². The summed E-state index contributed by atoms with van der Waals surface area (Å²) in [7, 11) is -0.137. The lowest BCUT2D eigenvalue weighted by atomic mass is 10.1. The summed E-state index contributed by atoms with van der Waals surface area (Å²) in [4.78, 5) is 11.5. The van der Waals surface area contributed by atoms with Gasteiger partial charge in [0.05, 0.1) is 17.7 Å². The lowest BCUT2D eigenvalue weighted by Crippen LogP contribution is -2.31. The molecule has 6 nitrogen and oxygen atoms in total. The number of hydrogen-bond acceptors (Lipinski definition) is 5. The minimum absolute atomic E-state index is 0.129. The number of halogens is 4. The topological polar surface area (TPSA) is 89.9 Å². The van der Waals surface area contributed by atoms with E-state index in [0.29, 0.717) is 13.0 Å².